The zero-order chi connectivity index (χ0) is 20.2. The summed E-state index contributed by atoms with van der Waals surface area (Å²) >= 11 is 0. The van der Waals surface area contributed by atoms with Crippen LogP contribution in [-0.2, 0) is 9.53 Å². The second-order valence-electron chi connectivity index (χ2n) is 7.29. The lowest BCUT2D eigenvalue weighted by atomic mass is 10.2. The first-order chi connectivity index (χ1) is 12.6. The molecule has 0 bridgehead atoms. The van der Waals surface area contributed by atoms with Gasteiger partial charge in [-0.25, -0.2) is 14.1 Å². The van der Waals surface area contributed by atoms with Gasteiger partial charge in [0.15, 0.2) is 0 Å². The zero-order valence-corrected chi connectivity index (χ0v) is 16.3. The quantitative estimate of drug-likeness (QED) is 0.725. The maximum atomic E-state index is 13.1. The van der Waals surface area contributed by atoms with Crippen LogP contribution in [0.1, 0.15) is 50.1 Å². The van der Waals surface area contributed by atoms with E-state index in [0.717, 1.165) is 0 Å². The molecule has 1 aromatic carbocycles. The minimum atomic E-state index is -0.520. The molecule has 0 N–H and O–H groups in total. The molecule has 0 saturated carbocycles. The molecule has 0 radical (unpaired) electrons. The predicted molar refractivity (Wildman–Crippen MR) is 98.1 cm³/mol. The Balaban J connectivity index is 1.96. The van der Waals surface area contributed by atoms with Gasteiger partial charge in [-0.05, 0) is 58.4 Å². The number of carbonyl (C=O) groups is 2. The molecule has 146 valence electrons. The van der Waals surface area contributed by atoms with Crippen molar-refractivity contribution in [3.05, 3.63) is 41.7 Å². The van der Waals surface area contributed by atoms with E-state index in [0.29, 0.717) is 24.5 Å². The van der Waals surface area contributed by atoms with E-state index in [1.165, 1.54) is 21.7 Å². The molecule has 1 heterocycles. The standard InChI is InChI=1S/C19H25FN4O3/c1-13-21-17(22-24(13)15-10-8-14(20)9-11-15)18(26)23(5)12-6-7-16(25)27-19(2,3)4/h8-11H,6-7,12H2,1-5H3. The van der Waals surface area contributed by atoms with E-state index in [1.54, 1.807) is 26.1 Å². The Morgan fingerprint density at radius 2 is 1.85 bits per heavy atom. The molecule has 7 nitrogen and oxygen atoms in total. The first kappa shape index (κ1) is 20.5. The number of hydrogen-bond donors (Lipinski definition) is 0. The number of ether oxygens (including phenoxy) is 1. The zero-order valence-electron chi connectivity index (χ0n) is 16.3. The average molecular weight is 376 g/mol. The van der Waals surface area contributed by atoms with Gasteiger partial charge >= 0.3 is 5.97 Å². The van der Waals surface area contributed by atoms with Gasteiger partial charge in [0.2, 0.25) is 5.82 Å². The number of carbonyl (C=O) groups excluding carboxylic acids is 2. The molecule has 2 rings (SSSR count). The third kappa shape index (κ3) is 5.87. The Bertz CT molecular complexity index is 809. The Hall–Kier alpha value is -2.77. The highest BCUT2D eigenvalue weighted by Gasteiger charge is 2.20. The van der Waals surface area contributed by atoms with E-state index in [4.69, 9.17) is 4.74 Å². The van der Waals surface area contributed by atoms with E-state index >= 15 is 0 Å². The molecule has 0 fully saturated rings. The van der Waals surface area contributed by atoms with Crippen LogP contribution in [-0.4, -0.2) is 50.7 Å². The lowest BCUT2D eigenvalue weighted by Crippen LogP contribution is -2.30. The lowest BCUT2D eigenvalue weighted by Gasteiger charge is -2.20. The number of aryl methyl sites for hydroxylation is 1. The van der Waals surface area contributed by atoms with Crippen LogP contribution in [0.25, 0.3) is 5.69 Å². The molecule has 0 spiro atoms. The molecular weight excluding hydrogens is 351 g/mol. The first-order valence-corrected chi connectivity index (χ1v) is 8.74. The molecule has 1 amide bonds. The molecule has 27 heavy (non-hydrogen) atoms. The van der Waals surface area contributed by atoms with Crippen molar-refractivity contribution < 1.29 is 18.7 Å². The molecule has 8 heteroatoms. The molecule has 0 unspecified atom stereocenters. The van der Waals surface area contributed by atoms with Crippen LogP contribution in [0.5, 0.6) is 0 Å². The molecule has 0 aliphatic carbocycles. The number of esters is 1. The predicted octanol–water partition coefficient (Wildman–Crippen LogP) is 2.91. The van der Waals surface area contributed by atoms with Crippen LogP contribution < -0.4 is 0 Å². The normalized spacial score (nSPS) is 11.3. The molecule has 0 saturated heterocycles. The lowest BCUT2D eigenvalue weighted by molar-refractivity contribution is -0.154. The third-order valence-electron chi connectivity index (χ3n) is 3.67. The van der Waals surface area contributed by atoms with E-state index in [9.17, 15) is 14.0 Å². The number of amides is 1. The summed E-state index contributed by atoms with van der Waals surface area (Å²) in [5.41, 5.74) is 0.0981. The Labute approximate surface area is 158 Å². The highest BCUT2D eigenvalue weighted by molar-refractivity contribution is 5.90. The molecule has 0 aliphatic heterocycles. The Morgan fingerprint density at radius 3 is 2.44 bits per heavy atom. The van der Waals surface area contributed by atoms with Gasteiger partial charge in [-0.1, -0.05) is 0 Å². The number of nitrogens with zero attached hydrogens (tertiary/aromatic N) is 4. The maximum Gasteiger partial charge on any atom is 0.306 e. The van der Waals surface area contributed by atoms with Crippen molar-refractivity contribution in [1.29, 1.82) is 0 Å². The van der Waals surface area contributed by atoms with Crippen molar-refractivity contribution in [2.75, 3.05) is 13.6 Å². The molecule has 0 aliphatic rings. The summed E-state index contributed by atoms with van der Waals surface area (Å²) in [5, 5.41) is 4.22. The second kappa shape index (κ2) is 8.28. The molecule has 2 aromatic rings. The van der Waals surface area contributed by atoms with Crippen LogP contribution in [0.3, 0.4) is 0 Å². The smallest absolute Gasteiger partial charge is 0.306 e. The first-order valence-electron chi connectivity index (χ1n) is 8.74. The van der Waals surface area contributed by atoms with Gasteiger partial charge in [-0.3, -0.25) is 9.59 Å². The van der Waals surface area contributed by atoms with E-state index in [1.807, 2.05) is 20.8 Å². The van der Waals surface area contributed by atoms with E-state index in [2.05, 4.69) is 10.1 Å². The topological polar surface area (TPSA) is 77.3 Å². The summed E-state index contributed by atoms with van der Waals surface area (Å²) in [4.78, 5) is 29.9. The monoisotopic (exact) mass is 376 g/mol. The fraction of sp³-hybridized carbons (Fsp3) is 0.474. The summed E-state index contributed by atoms with van der Waals surface area (Å²) in [5.74, 6) is -0.415. The van der Waals surface area contributed by atoms with E-state index < -0.39 is 5.60 Å². The number of halogens is 1. The number of rotatable bonds is 6. The van der Waals surface area contributed by atoms with Crippen LogP contribution in [0, 0.1) is 12.7 Å². The number of hydrogen-bond acceptors (Lipinski definition) is 5. The summed E-state index contributed by atoms with van der Waals surface area (Å²) in [7, 11) is 1.63. The van der Waals surface area contributed by atoms with Crippen LogP contribution in [0.4, 0.5) is 4.39 Å². The van der Waals surface area contributed by atoms with Gasteiger partial charge in [0.25, 0.3) is 5.91 Å². The van der Waals surface area contributed by atoms with Crippen molar-refractivity contribution in [3.8, 4) is 5.69 Å². The fourth-order valence-corrected chi connectivity index (χ4v) is 2.43. The Morgan fingerprint density at radius 1 is 1.22 bits per heavy atom. The van der Waals surface area contributed by atoms with E-state index in [-0.39, 0.29) is 29.9 Å². The summed E-state index contributed by atoms with van der Waals surface area (Å²) in [6.07, 6.45) is 0.709. The maximum absolute atomic E-state index is 13.1. The SMILES string of the molecule is Cc1nc(C(=O)N(C)CCCC(=O)OC(C)(C)C)nn1-c1ccc(F)cc1. The van der Waals surface area contributed by atoms with Crippen LogP contribution in [0.15, 0.2) is 24.3 Å². The molecule has 1 aromatic heterocycles. The van der Waals surface area contributed by atoms with Gasteiger partial charge in [0.05, 0.1) is 5.69 Å². The van der Waals surface area contributed by atoms with Gasteiger partial charge in [-0.2, -0.15) is 0 Å². The van der Waals surface area contributed by atoms with Gasteiger partial charge in [-0.15, -0.1) is 5.10 Å². The van der Waals surface area contributed by atoms with Crippen molar-refractivity contribution in [2.45, 2.75) is 46.1 Å². The minimum absolute atomic E-state index is 0.0524. The summed E-state index contributed by atoms with van der Waals surface area (Å²) in [6.45, 7) is 7.53. The summed E-state index contributed by atoms with van der Waals surface area (Å²) < 4.78 is 19.8. The van der Waals surface area contributed by atoms with Gasteiger partial charge in [0.1, 0.15) is 17.2 Å². The third-order valence-corrected chi connectivity index (χ3v) is 3.67. The number of benzene rings is 1. The molecular formula is C19H25FN4O3. The van der Waals surface area contributed by atoms with Crippen LogP contribution >= 0.6 is 0 Å². The minimum Gasteiger partial charge on any atom is -0.460 e. The molecule has 0 atom stereocenters. The summed E-state index contributed by atoms with van der Waals surface area (Å²) in [6, 6.07) is 5.77. The van der Waals surface area contributed by atoms with Gasteiger partial charge in [0, 0.05) is 20.0 Å². The largest absolute Gasteiger partial charge is 0.460 e. The van der Waals surface area contributed by atoms with Crippen molar-refractivity contribution in [3.63, 3.8) is 0 Å². The van der Waals surface area contributed by atoms with Crippen molar-refractivity contribution in [1.82, 2.24) is 19.7 Å². The van der Waals surface area contributed by atoms with Crippen LogP contribution in [0.2, 0.25) is 0 Å². The van der Waals surface area contributed by atoms with Crippen molar-refractivity contribution in [2.24, 2.45) is 0 Å². The van der Waals surface area contributed by atoms with Gasteiger partial charge < -0.3 is 9.64 Å². The number of aromatic nitrogens is 3. The average Bonchev–Trinajstić information content (AvgIpc) is 2.95. The Kier molecular flexibility index (Phi) is 6.30. The fourth-order valence-electron chi connectivity index (χ4n) is 2.43. The highest BCUT2D eigenvalue weighted by Crippen LogP contribution is 2.12. The highest BCUT2D eigenvalue weighted by atomic mass is 19.1. The van der Waals surface area contributed by atoms with Crippen molar-refractivity contribution >= 4 is 11.9 Å². The second-order valence-corrected chi connectivity index (χ2v) is 7.29.